The highest BCUT2D eigenvalue weighted by molar-refractivity contribution is 5.91. The van der Waals surface area contributed by atoms with E-state index in [0.29, 0.717) is 22.8 Å². The lowest BCUT2D eigenvalue weighted by molar-refractivity contribution is 0.532. The van der Waals surface area contributed by atoms with Gasteiger partial charge in [-0.15, -0.1) is 0 Å². The largest absolute Gasteiger partial charge is 0.383 e. The highest BCUT2D eigenvalue weighted by Gasteiger charge is 2.21. The first-order chi connectivity index (χ1) is 8.31. The molecule has 0 atom stereocenters. The van der Waals surface area contributed by atoms with Crippen LogP contribution in [0.3, 0.4) is 0 Å². The number of rotatable bonds is 1. The molecule has 0 aromatic carbocycles. The van der Waals surface area contributed by atoms with Gasteiger partial charge in [0.2, 0.25) is 0 Å². The second-order valence-electron chi connectivity index (χ2n) is 4.46. The van der Waals surface area contributed by atoms with Gasteiger partial charge in [0.1, 0.15) is 23.9 Å². The van der Waals surface area contributed by atoms with E-state index in [4.69, 9.17) is 11.0 Å². The van der Waals surface area contributed by atoms with Gasteiger partial charge in [0.15, 0.2) is 0 Å². The second-order valence-corrected chi connectivity index (χ2v) is 4.46. The van der Waals surface area contributed by atoms with Gasteiger partial charge in [0.05, 0.1) is 10.9 Å². The Bertz CT molecular complexity index is 601. The van der Waals surface area contributed by atoms with E-state index in [0.717, 1.165) is 18.5 Å². The molecule has 0 spiro atoms. The average Bonchev–Trinajstić information content (AvgIpc) is 2.95. The van der Waals surface area contributed by atoms with E-state index in [9.17, 15) is 0 Å². The van der Waals surface area contributed by atoms with E-state index in [-0.39, 0.29) is 0 Å². The van der Waals surface area contributed by atoms with Gasteiger partial charge >= 0.3 is 0 Å². The topological polar surface area (TPSA) is 80.5 Å². The Kier molecular flexibility index (Phi) is 2.22. The third-order valence-electron chi connectivity index (χ3n) is 3.48. The molecule has 0 radical (unpaired) electrons. The minimum absolute atomic E-state index is 0.392. The minimum Gasteiger partial charge on any atom is -0.383 e. The normalized spacial score (nSPS) is 16.4. The van der Waals surface area contributed by atoms with Crippen molar-refractivity contribution in [3.63, 3.8) is 0 Å². The zero-order valence-corrected chi connectivity index (χ0v) is 9.43. The third kappa shape index (κ3) is 1.45. The number of fused-ring (bicyclic) bond motifs is 1. The summed E-state index contributed by atoms with van der Waals surface area (Å²) >= 11 is 0. The molecule has 0 amide bonds. The molecule has 2 heterocycles. The Labute approximate surface area is 98.9 Å². The third-order valence-corrected chi connectivity index (χ3v) is 3.48. The SMILES string of the molecule is N#Cc1cn(C2CCCC2)c2ncnc(N)c12. The summed E-state index contributed by atoms with van der Waals surface area (Å²) in [5.74, 6) is 0.392. The molecule has 1 fully saturated rings. The first kappa shape index (κ1) is 10.1. The van der Waals surface area contributed by atoms with Crippen LogP contribution >= 0.6 is 0 Å². The first-order valence-corrected chi connectivity index (χ1v) is 5.82. The maximum atomic E-state index is 9.14. The molecule has 1 saturated carbocycles. The number of nitrogens with zero attached hydrogens (tertiary/aromatic N) is 4. The molecule has 5 heteroatoms. The molecular weight excluding hydrogens is 214 g/mol. The molecule has 3 rings (SSSR count). The van der Waals surface area contributed by atoms with Crippen molar-refractivity contribution in [3.05, 3.63) is 18.1 Å². The van der Waals surface area contributed by atoms with E-state index < -0.39 is 0 Å². The van der Waals surface area contributed by atoms with Crippen LogP contribution in [-0.2, 0) is 0 Å². The Morgan fingerprint density at radius 1 is 1.35 bits per heavy atom. The number of hydrogen-bond donors (Lipinski definition) is 1. The summed E-state index contributed by atoms with van der Waals surface area (Å²) in [6.45, 7) is 0. The predicted octanol–water partition coefficient (Wildman–Crippen LogP) is 2.00. The smallest absolute Gasteiger partial charge is 0.147 e. The maximum Gasteiger partial charge on any atom is 0.147 e. The van der Waals surface area contributed by atoms with E-state index in [2.05, 4.69) is 20.6 Å². The molecule has 86 valence electrons. The Morgan fingerprint density at radius 2 is 2.12 bits per heavy atom. The molecule has 0 unspecified atom stereocenters. The fourth-order valence-electron chi connectivity index (χ4n) is 2.65. The molecule has 0 bridgehead atoms. The lowest BCUT2D eigenvalue weighted by atomic mass is 10.2. The second kappa shape index (κ2) is 3.74. The number of hydrogen-bond acceptors (Lipinski definition) is 4. The van der Waals surface area contributed by atoms with Crippen LogP contribution in [0.2, 0.25) is 0 Å². The van der Waals surface area contributed by atoms with Crippen molar-refractivity contribution in [1.82, 2.24) is 14.5 Å². The van der Waals surface area contributed by atoms with Gasteiger partial charge in [0, 0.05) is 12.2 Å². The molecule has 2 aromatic heterocycles. The standard InChI is InChI=1S/C12H13N5/c13-5-8-6-17(9-3-1-2-4-9)12-10(8)11(14)15-7-16-12/h6-7,9H,1-4H2,(H2,14,15,16). The van der Waals surface area contributed by atoms with Crippen molar-refractivity contribution in [1.29, 1.82) is 5.26 Å². The molecule has 2 aromatic rings. The summed E-state index contributed by atoms with van der Waals surface area (Å²) in [5.41, 5.74) is 7.20. The number of nitrogens with two attached hydrogens (primary N) is 1. The van der Waals surface area contributed by atoms with Crippen LogP contribution in [0, 0.1) is 11.3 Å². The van der Waals surface area contributed by atoms with Crippen LogP contribution in [0.25, 0.3) is 11.0 Å². The maximum absolute atomic E-state index is 9.14. The van der Waals surface area contributed by atoms with Crippen LogP contribution < -0.4 is 5.73 Å². The summed E-state index contributed by atoms with van der Waals surface area (Å²) < 4.78 is 2.10. The van der Waals surface area contributed by atoms with Gasteiger partial charge in [-0.05, 0) is 12.8 Å². The zero-order valence-electron chi connectivity index (χ0n) is 9.43. The van der Waals surface area contributed by atoms with Crippen molar-refractivity contribution >= 4 is 16.9 Å². The van der Waals surface area contributed by atoms with Gasteiger partial charge in [-0.25, -0.2) is 9.97 Å². The van der Waals surface area contributed by atoms with E-state index in [1.165, 1.54) is 19.2 Å². The molecule has 2 N–H and O–H groups in total. The van der Waals surface area contributed by atoms with Crippen LogP contribution in [0.4, 0.5) is 5.82 Å². The number of aromatic nitrogens is 3. The van der Waals surface area contributed by atoms with E-state index in [1.54, 1.807) is 0 Å². The summed E-state index contributed by atoms with van der Waals surface area (Å²) in [6, 6.07) is 2.63. The van der Waals surface area contributed by atoms with Crippen LogP contribution in [0.1, 0.15) is 37.3 Å². The lowest BCUT2D eigenvalue weighted by Gasteiger charge is -2.11. The molecule has 0 aliphatic heterocycles. The molecule has 5 nitrogen and oxygen atoms in total. The van der Waals surface area contributed by atoms with Crippen molar-refractivity contribution < 1.29 is 0 Å². The quantitative estimate of drug-likeness (QED) is 0.807. The van der Waals surface area contributed by atoms with Crippen molar-refractivity contribution in [2.45, 2.75) is 31.7 Å². The van der Waals surface area contributed by atoms with Crippen LogP contribution in [-0.4, -0.2) is 14.5 Å². The van der Waals surface area contributed by atoms with Gasteiger partial charge < -0.3 is 10.3 Å². The molecule has 0 saturated heterocycles. The van der Waals surface area contributed by atoms with E-state index >= 15 is 0 Å². The van der Waals surface area contributed by atoms with Gasteiger partial charge in [0.25, 0.3) is 0 Å². The first-order valence-electron chi connectivity index (χ1n) is 5.82. The summed E-state index contributed by atoms with van der Waals surface area (Å²) in [4.78, 5) is 8.23. The number of nitriles is 1. The highest BCUT2D eigenvalue weighted by Crippen LogP contribution is 2.34. The summed E-state index contributed by atoms with van der Waals surface area (Å²) in [7, 11) is 0. The van der Waals surface area contributed by atoms with Crippen molar-refractivity contribution in [2.75, 3.05) is 5.73 Å². The van der Waals surface area contributed by atoms with Crippen LogP contribution in [0.5, 0.6) is 0 Å². The van der Waals surface area contributed by atoms with Gasteiger partial charge in [-0.1, -0.05) is 12.8 Å². The Hall–Kier alpha value is -2.09. The Morgan fingerprint density at radius 3 is 2.82 bits per heavy atom. The van der Waals surface area contributed by atoms with Crippen LogP contribution in [0.15, 0.2) is 12.5 Å². The monoisotopic (exact) mass is 227 g/mol. The number of anilines is 1. The lowest BCUT2D eigenvalue weighted by Crippen LogP contribution is -2.04. The van der Waals surface area contributed by atoms with E-state index in [1.807, 2.05) is 6.20 Å². The fraction of sp³-hybridized carbons (Fsp3) is 0.417. The predicted molar refractivity (Wildman–Crippen MR) is 64.2 cm³/mol. The summed E-state index contributed by atoms with van der Waals surface area (Å²) in [6.07, 6.45) is 8.12. The van der Waals surface area contributed by atoms with Gasteiger partial charge in [-0.3, -0.25) is 0 Å². The molecule has 1 aliphatic carbocycles. The highest BCUT2D eigenvalue weighted by atomic mass is 15.1. The van der Waals surface area contributed by atoms with Crippen molar-refractivity contribution in [3.8, 4) is 6.07 Å². The molecule has 17 heavy (non-hydrogen) atoms. The molecular formula is C12H13N5. The zero-order chi connectivity index (χ0) is 11.8. The summed E-state index contributed by atoms with van der Waals surface area (Å²) in [5, 5.41) is 9.84. The number of nitrogen functional groups attached to an aromatic ring is 1. The Balaban J connectivity index is 2.26. The molecule has 1 aliphatic rings. The minimum atomic E-state index is 0.392. The fourth-order valence-corrected chi connectivity index (χ4v) is 2.65. The average molecular weight is 227 g/mol. The van der Waals surface area contributed by atoms with Crippen molar-refractivity contribution in [2.24, 2.45) is 0 Å². The van der Waals surface area contributed by atoms with Gasteiger partial charge in [-0.2, -0.15) is 5.26 Å².